The lowest BCUT2D eigenvalue weighted by Gasteiger charge is -2.31. The van der Waals surface area contributed by atoms with Crippen LogP contribution in [-0.4, -0.2) is 31.4 Å². The zero-order chi connectivity index (χ0) is 17.0. The predicted molar refractivity (Wildman–Crippen MR) is 92.4 cm³/mol. The van der Waals surface area contributed by atoms with Crippen LogP contribution in [0, 0.1) is 0 Å². The van der Waals surface area contributed by atoms with E-state index in [1.807, 2.05) is 35.8 Å². The second-order valence-corrected chi connectivity index (χ2v) is 6.50. The Bertz CT molecular complexity index is 705. The molecule has 0 aliphatic heterocycles. The molecular weight excluding hydrogens is 304 g/mol. The Morgan fingerprint density at radius 2 is 2.04 bits per heavy atom. The van der Waals surface area contributed by atoms with E-state index in [1.54, 1.807) is 6.33 Å². The summed E-state index contributed by atoms with van der Waals surface area (Å²) in [5.74, 6) is 0.569. The summed E-state index contributed by atoms with van der Waals surface area (Å²) in [6.45, 7) is 2.77. The summed E-state index contributed by atoms with van der Waals surface area (Å²) < 4.78 is 1.93. The van der Waals surface area contributed by atoms with Gasteiger partial charge in [-0.2, -0.15) is 0 Å². The van der Waals surface area contributed by atoms with Gasteiger partial charge in [-0.25, -0.2) is 0 Å². The number of carbonyl (C=O) groups excluding carboxylic acids is 1. The number of hydrogen-bond acceptors (Lipinski definition) is 4. The minimum atomic E-state index is -0.860. The molecule has 1 aromatic heterocycles. The predicted octanol–water partition coefficient (Wildman–Crippen LogP) is 2.99. The number of anilines is 1. The smallest absolute Gasteiger partial charge is 0.227 e. The molecule has 0 saturated heterocycles. The first-order valence-electron chi connectivity index (χ1n) is 8.61. The van der Waals surface area contributed by atoms with Crippen LogP contribution in [0.2, 0.25) is 0 Å². The van der Waals surface area contributed by atoms with E-state index in [4.69, 9.17) is 0 Å². The average Bonchev–Trinajstić information content (AvgIpc) is 3.04. The molecule has 3 rings (SSSR count). The molecule has 128 valence electrons. The number of para-hydroxylation sites is 1. The lowest BCUT2D eigenvalue weighted by molar-refractivity contribution is -0.122. The zero-order valence-electron chi connectivity index (χ0n) is 14.0. The number of benzene rings is 1. The third-order valence-electron chi connectivity index (χ3n) is 4.67. The van der Waals surface area contributed by atoms with Crippen molar-refractivity contribution in [2.45, 2.75) is 57.6 Å². The highest BCUT2D eigenvalue weighted by Gasteiger charge is 2.31. The number of aliphatic hydroxyl groups is 1. The number of rotatable bonds is 5. The van der Waals surface area contributed by atoms with Gasteiger partial charge in [0.15, 0.2) is 5.82 Å². The standard InChI is InChI=1S/C18H24N4O2/c1-2-22-13-19-21-17(22)14-8-4-5-9-15(14)20-16(23)12-18(24)10-6-3-7-11-18/h4-5,8-9,13,24H,2-3,6-7,10-12H2,1H3,(H,20,23). The fraction of sp³-hybridized carbons (Fsp3) is 0.500. The largest absolute Gasteiger partial charge is 0.389 e. The van der Waals surface area contributed by atoms with Gasteiger partial charge in [-0.1, -0.05) is 31.4 Å². The van der Waals surface area contributed by atoms with Crippen molar-refractivity contribution in [1.29, 1.82) is 0 Å². The lowest BCUT2D eigenvalue weighted by Crippen LogP contribution is -2.36. The highest BCUT2D eigenvalue weighted by atomic mass is 16.3. The Morgan fingerprint density at radius 1 is 1.29 bits per heavy atom. The van der Waals surface area contributed by atoms with Crippen molar-refractivity contribution in [1.82, 2.24) is 14.8 Å². The molecule has 6 heteroatoms. The number of aryl methyl sites for hydroxylation is 1. The molecule has 2 N–H and O–H groups in total. The second kappa shape index (κ2) is 7.13. The van der Waals surface area contributed by atoms with Crippen molar-refractivity contribution in [2.75, 3.05) is 5.32 Å². The molecule has 1 amide bonds. The highest BCUT2D eigenvalue weighted by molar-refractivity contribution is 5.95. The normalized spacial score (nSPS) is 16.8. The summed E-state index contributed by atoms with van der Waals surface area (Å²) in [7, 11) is 0. The molecule has 0 unspecified atom stereocenters. The number of nitrogens with one attached hydrogen (secondary N) is 1. The molecule has 0 radical (unpaired) electrons. The molecule has 1 heterocycles. The van der Waals surface area contributed by atoms with Crippen LogP contribution >= 0.6 is 0 Å². The Morgan fingerprint density at radius 3 is 2.79 bits per heavy atom. The third kappa shape index (κ3) is 3.64. The van der Waals surface area contributed by atoms with Gasteiger partial charge in [-0.05, 0) is 31.9 Å². The molecule has 6 nitrogen and oxygen atoms in total. The minimum Gasteiger partial charge on any atom is -0.389 e. The van der Waals surface area contributed by atoms with Crippen molar-refractivity contribution >= 4 is 11.6 Å². The maximum atomic E-state index is 12.4. The van der Waals surface area contributed by atoms with Gasteiger partial charge >= 0.3 is 0 Å². The van der Waals surface area contributed by atoms with Gasteiger partial charge in [0, 0.05) is 12.1 Å². The van der Waals surface area contributed by atoms with Crippen LogP contribution in [0.15, 0.2) is 30.6 Å². The van der Waals surface area contributed by atoms with Crippen LogP contribution in [0.4, 0.5) is 5.69 Å². The quantitative estimate of drug-likeness (QED) is 0.884. The first-order chi connectivity index (χ1) is 11.6. The van der Waals surface area contributed by atoms with Crippen LogP contribution in [0.1, 0.15) is 45.4 Å². The molecule has 2 aromatic rings. The number of hydrogen-bond donors (Lipinski definition) is 2. The molecular formula is C18H24N4O2. The Kier molecular flexibility index (Phi) is 4.94. The number of carbonyl (C=O) groups is 1. The summed E-state index contributed by atoms with van der Waals surface area (Å²) in [5, 5.41) is 21.6. The van der Waals surface area contributed by atoms with Gasteiger partial charge in [-0.15, -0.1) is 10.2 Å². The fourth-order valence-electron chi connectivity index (χ4n) is 3.36. The molecule has 0 spiro atoms. The molecule has 1 aliphatic carbocycles. The molecule has 1 saturated carbocycles. The summed E-state index contributed by atoms with van der Waals surface area (Å²) in [4.78, 5) is 12.4. The fourth-order valence-corrected chi connectivity index (χ4v) is 3.36. The lowest BCUT2D eigenvalue weighted by atomic mass is 9.82. The van der Waals surface area contributed by atoms with Gasteiger partial charge in [0.05, 0.1) is 17.7 Å². The second-order valence-electron chi connectivity index (χ2n) is 6.50. The third-order valence-corrected chi connectivity index (χ3v) is 4.67. The Balaban J connectivity index is 1.77. The molecule has 24 heavy (non-hydrogen) atoms. The highest BCUT2D eigenvalue weighted by Crippen LogP contribution is 2.32. The molecule has 1 aromatic carbocycles. The number of nitrogens with zero attached hydrogens (tertiary/aromatic N) is 3. The molecule has 1 aliphatic rings. The van der Waals surface area contributed by atoms with Crippen molar-refractivity contribution in [3.8, 4) is 11.4 Å². The van der Waals surface area contributed by atoms with Gasteiger partial charge in [0.2, 0.25) is 5.91 Å². The monoisotopic (exact) mass is 328 g/mol. The summed E-state index contributed by atoms with van der Waals surface area (Å²) in [6.07, 6.45) is 6.33. The maximum absolute atomic E-state index is 12.4. The Labute approximate surface area is 141 Å². The van der Waals surface area contributed by atoms with Gasteiger partial charge < -0.3 is 15.0 Å². The van der Waals surface area contributed by atoms with Crippen molar-refractivity contribution in [3.05, 3.63) is 30.6 Å². The van der Waals surface area contributed by atoms with Crippen LogP contribution < -0.4 is 5.32 Å². The van der Waals surface area contributed by atoms with E-state index in [2.05, 4.69) is 15.5 Å². The van der Waals surface area contributed by atoms with Gasteiger partial charge in [0.25, 0.3) is 0 Å². The van der Waals surface area contributed by atoms with Gasteiger partial charge in [-0.3, -0.25) is 4.79 Å². The molecule has 0 atom stereocenters. The van der Waals surface area contributed by atoms with Crippen molar-refractivity contribution < 1.29 is 9.90 Å². The zero-order valence-corrected chi connectivity index (χ0v) is 14.0. The minimum absolute atomic E-state index is 0.141. The Hall–Kier alpha value is -2.21. The topological polar surface area (TPSA) is 80.0 Å². The van der Waals surface area contributed by atoms with Crippen molar-refractivity contribution in [2.24, 2.45) is 0 Å². The maximum Gasteiger partial charge on any atom is 0.227 e. The summed E-state index contributed by atoms with van der Waals surface area (Å²) >= 11 is 0. The molecule has 1 fully saturated rings. The van der Waals surface area contributed by atoms with Crippen molar-refractivity contribution in [3.63, 3.8) is 0 Å². The van der Waals surface area contributed by atoms with E-state index >= 15 is 0 Å². The SMILES string of the molecule is CCn1cnnc1-c1ccccc1NC(=O)CC1(O)CCCCC1. The first-order valence-corrected chi connectivity index (χ1v) is 8.61. The molecule has 0 bridgehead atoms. The van der Waals surface area contributed by atoms with E-state index in [0.29, 0.717) is 18.5 Å². The van der Waals surface area contributed by atoms with E-state index in [-0.39, 0.29) is 12.3 Å². The van der Waals surface area contributed by atoms with Crippen LogP contribution in [0.25, 0.3) is 11.4 Å². The van der Waals surface area contributed by atoms with Crippen LogP contribution in [-0.2, 0) is 11.3 Å². The van der Waals surface area contributed by atoms with E-state index in [1.165, 1.54) is 0 Å². The summed E-state index contributed by atoms with van der Waals surface area (Å²) in [6, 6.07) is 7.56. The van der Waals surface area contributed by atoms with E-state index < -0.39 is 5.60 Å². The van der Waals surface area contributed by atoms with Crippen LogP contribution in [0.3, 0.4) is 0 Å². The van der Waals surface area contributed by atoms with Gasteiger partial charge in [0.1, 0.15) is 6.33 Å². The van der Waals surface area contributed by atoms with Crippen LogP contribution in [0.5, 0.6) is 0 Å². The summed E-state index contributed by atoms with van der Waals surface area (Å²) in [5.41, 5.74) is 0.672. The number of amides is 1. The first kappa shape index (κ1) is 16.6. The number of aromatic nitrogens is 3. The van der Waals surface area contributed by atoms with E-state index in [0.717, 1.165) is 37.2 Å². The van der Waals surface area contributed by atoms with E-state index in [9.17, 15) is 9.90 Å². The average molecular weight is 328 g/mol.